The van der Waals surface area contributed by atoms with E-state index in [0.717, 1.165) is 0 Å². The highest BCUT2D eigenvalue weighted by Gasteiger charge is 2.17. The summed E-state index contributed by atoms with van der Waals surface area (Å²) in [6.45, 7) is 1.81. The molecule has 0 aliphatic carbocycles. The average molecular weight is 398 g/mol. The SMILES string of the molecule is Cc1ncc(I)c(=O)n1CC(=O)c1ccc2c(c1)OCO2. The number of benzene rings is 1. The monoisotopic (exact) mass is 398 g/mol. The van der Waals surface area contributed by atoms with Crippen LogP contribution in [0.25, 0.3) is 0 Å². The molecule has 0 fully saturated rings. The van der Waals surface area contributed by atoms with Crippen molar-refractivity contribution in [2.24, 2.45) is 0 Å². The van der Waals surface area contributed by atoms with Gasteiger partial charge in [0.2, 0.25) is 6.79 Å². The molecule has 1 aliphatic heterocycles. The van der Waals surface area contributed by atoms with Crippen molar-refractivity contribution in [1.29, 1.82) is 0 Å². The van der Waals surface area contributed by atoms with Gasteiger partial charge in [0.1, 0.15) is 5.82 Å². The highest BCUT2D eigenvalue weighted by atomic mass is 127. The highest BCUT2D eigenvalue weighted by molar-refractivity contribution is 14.1. The predicted octanol–water partition coefficient (Wildman–Crippen LogP) is 1.77. The molecule has 1 aromatic carbocycles. The maximum absolute atomic E-state index is 12.3. The Morgan fingerprint density at radius 1 is 1.38 bits per heavy atom. The van der Waals surface area contributed by atoms with Gasteiger partial charge in [0.25, 0.3) is 5.56 Å². The van der Waals surface area contributed by atoms with Crippen LogP contribution in [0.15, 0.2) is 29.2 Å². The Kier molecular flexibility index (Phi) is 3.66. The zero-order chi connectivity index (χ0) is 15.0. The second kappa shape index (κ2) is 5.47. The molecule has 0 radical (unpaired) electrons. The summed E-state index contributed by atoms with van der Waals surface area (Å²) < 4.78 is 12.3. The molecule has 1 aliphatic rings. The minimum absolute atomic E-state index is 0.0475. The summed E-state index contributed by atoms with van der Waals surface area (Å²) >= 11 is 1.91. The van der Waals surface area contributed by atoms with E-state index in [1.54, 1.807) is 25.1 Å². The lowest BCUT2D eigenvalue weighted by Crippen LogP contribution is -2.28. The van der Waals surface area contributed by atoms with Crippen molar-refractivity contribution in [2.75, 3.05) is 6.79 Å². The number of aryl methyl sites for hydroxylation is 1. The fourth-order valence-electron chi connectivity index (χ4n) is 2.04. The molecule has 0 saturated carbocycles. The van der Waals surface area contributed by atoms with Crippen molar-refractivity contribution >= 4 is 28.4 Å². The van der Waals surface area contributed by atoms with Crippen LogP contribution in [0, 0.1) is 10.5 Å². The summed E-state index contributed by atoms with van der Waals surface area (Å²) in [6, 6.07) is 4.99. The Morgan fingerprint density at radius 2 is 2.14 bits per heavy atom. The normalized spacial score (nSPS) is 12.5. The number of carbonyl (C=O) groups excluding carboxylic acids is 1. The zero-order valence-corrected chi connectivity index (χ0v) is 13.3. The Labute approximate surface area is 133 Å². The number of nitrogens with zero attached hydrogens (tertiary/aromatic N) is 2. The summed E-state index contributed by atoms with van der Waals surface area (Å²) in [5.41, 5.74) is 0.265. The van der Waals surface area contributed by atoms with E-state index in [2.05, 4.69) is 4.98 Å². The Hall–Kier alpha value is -1.90. The van der Waals surface area contributed by atoms with Crippen molar-refractivity contribution in [1.82, 2.24) is 9.55 Å². The topological polar surface area (TPSA) is 70.4 Å². The number of ether oxygens (including phenoxy) is 2. The fraction of sp³-hybridized carbons (Fsp3) is 0.214. The minimum atomic E-state index is -0.211. The van der Waals surface area contributed by atoms with E-state index in [-0.39, 0.29) is 24.7 Å². The quantitative estimate of drug-likeness (QED) is 0.583. The molecule has 0 atom stereocenters. The molecular weight excluding hydrogens is 387 g/mol. The van der Waals surface area contributed by atoms with Gasteiger partial charge in [0, 0.05) is 11.8 Å². The van der Waals surface area contributed by atoms with Gasteiger partial charge in [-0.2, -0.15) is 0 Å². The van der Waals surface area contributed by atoms with E-state index < -0.39 is 0 Å². The van der Waals surface area contributed by atoms with Gasteiger partial charge in [-0.1, -0.05) is 0 Å². The second-order valence-corrected chi connectivity index (χ2v) is 5.70. The number of halogens is 1. The van der Waals surface area contributed by atoms with Crippen molar-refractivity contribution < 1.29 is 14.3 Å². The number of carbonyl (C=O) groups is 1. The molecule has 2 aromatic rings. The van der Waals surface area contributed by atoms with Crippen LogP contribution < -0.4 is 15.0 Å². The second-order valence-electron chi connectivity index (χ2n) is 4.54. The summed E-state index contributed by atoms with van der Waals surface area (Å²) in [4.78, 5) is 28.5. The van der Waals surface area contributed by atoms with Crippen molar-refractivity contribution in [3.8, 4) is 11.5 Å². The lowest BCUT2D eigenvalue weighted by Gasteiger charge is -2.09. The molecule has 21 heavy (non-hydrogen) atoms. The highest BCUT2D eigenvalue weighted by Crippen LogP contribution is 2.32. The maximum Gasteiger partial charge on any atom is 0.267 e. The third kappa shape index (κ3) is 2.65. The molecule has 0 amide bonds. The van der Waals surface area contributed by atoms with Gasteiger partial charge < -0.3 is 9.47 Å². The Morgan fingerprint density at radius 3 is 2.95 bits per heavy atom. The van der Waals surface area contributed by atoms with E-state index in [1.807, 2.05) is 22.6 Å². The first-order valence-electron chi connectivity index (χ1n) is 6.21. The number of Topliss-reactive ketones (excluding diaryl/α,β-unsaturated/α-hetero) is 1. The van der Waals surface area contributed by atoms with E-state index in [4.69, 9.17) is 9.47 Å². The number of rotatable bonds is 3. The first-order valence-corrected chi connectivity index (χ1v) is 7.29. The van der Waals surface area contributed by atoms with Crippen LogP contribution in [-0.2, 0) is 6.54 Å². The first-order chi connectivity index (χ1) is 10.1. The molecule has 0 bridgehead atoms. The van der Waals surface area contributed by atoms with Crippen molar-refractivity contribution in [3.05, 3.63) is 49.7 Å². The van der Waals surface area contributed by atoms with E-state index in [0.29, 0.717) is 26.5 Å². The Bertz CT molecular complexity index is 785. The van der Waals surface area contributed by atoms with Gasteiger partial charge in [-0.3, -0.25) is 14.2 Å². The first kappa shape index (κ1) is 14.1. The van der Waals surface area contributed by atoms with E-state index >= 15 is 0 Å². The zero-order valence-electron chi connectivity index (χ0n) is 11.1. The number of hydrogen-bond acceptors (Lipinski definition) is 5. The molecule has 108 valence electrons. The molecule has 0 saturated heterocycles. The number of ketones is 1. The van der Waals surface area contributed by atoms with Gasteiger partial charge in [0.05, 0.1) is 10.1 Å². The average Bonchev–Trinajstić information content (AvgIpc) is 2.94. The molecular formula is C14H11IN2O4. The fourth-order valence-corrected chi connectivity index (χ4v) is 2.47. The van der Waals surface area contributed by atoms with Gasteiger partial charge >= 0.3 is 0 Å². The van der Waals surface area contributed by atoms with Crippen LogP contribution in [0.1, 0.15) is 16.2 Å². The lowest BCUT2D eigenvalue weighted by molar-refractivity contribution is 0.0969. The third-order valence-corrected chi connectivity index (χ3v) is 3.94. The van der Waals surface area contributed by atoms with Gasteiger partial charge in [-0.25, -0.2) is 4.98 Å². The van der Waals surface area contributed by atoms with Gasteiger partial charge in [0.15, 0.2) is 17.3 Å². The smallest absolute Gasteiger partial charge is 0.267 e. The lowest BCUT2D eigenvalue weighted by atomic mass is 10.1. The maximum atomic E-state index is 12.3. The van der Waals surface area contributed by atoms with Crippen LogP contribution in [0.3, 0.4) is 0 Å². The third-order valence-electron chi connectivity index (χ3n) is 3.20. The summed E-state index contributed by atoms with van der Waals surface area (Å²) in [5, 5.41) is 0. The predicted molar refractivity (Wildman–Crippen MR) is 82.8 cm³/mol. The summed E-state index contributed by atoms with van der Waals surface area (Å²) in [7, 11) is 0. The number of aromatic nitrogens is 2. The van der Waals surface area contributed by atoms with E-state index in [9.17, 15) is 9.59 Å². The van der Waals surface area contributed by atoms with Gasteiger partial charge in [-0.05, 0) is 47.7 Å². The molecule has 0 N–H and O–H groups in total. The van der Waals surface area contributed by atoms with Crippen molar-refractivity contribution in [3.63, 3.8) is 0 Å². The van der Waals surface area contributed by atoms with Crippen LogP contribution >= 0.6 is 22.6 Å². The van der Waals surface area contributed by atoms with Crippen LogP contribution in [0.4, 0.5) is 0 Å². The summed E-state index contributed by atoms with van der Waals surface area (Å²) in [6.07, 6.45) is 1.50. The Balaban J connectivity index is 1.91. The van der Waals surface area contributed by atoms with E-state index in [1.165, 1.54) is 10.8 Å². The number of fused-ring (bicyclic) bond motifs is 1. The molecule has 7 heteroatoms. The molecule has 6 nitrogen and oxygen atoms in total. The molecule has 3 rings (SSSR count). The summed E-state index contributed by atoms with van der Waals surface area (Å²) in [5.74, 6) is 1.50. The largest absolute Gasteiger partial charge is 0.454 e. The molecule has 0 spiro atoms. The molecule has 0 unspecified atom stereocenters. The van der Waals surface area contributed by atoms with Crippen LogP contribution in [-0.4, -0.2) is 22.1 Å². The molecule has 2 heterocycles. The van der Waals surface area contributed by atoms with Crippen LogP contribution in [0.5, 0.6) is 11.5 Å². The molecule has 1 aromatic heterocycles. The van der Waals surface area contributed by atoms with Crippen molar-refractivity contribution in [2.45, 2.75) is 13.5 Å². The standard InChI is InChI=1S/C14H11IN2O4/c1-8-16-5-10(15)14(19)17(8)6-11(18)9-2-3-12-13(4-9)21-7-20-12/h2-5H,6-7H2,1H3. The number of hydrogen-bond donors (Lipinski definition) is 0. The minimum Gasteiger partial charge on any atom is -0.454 e. The van der Waals surface area contributed by atoms with Gasteiger partial charge in [-0.15, -0.1) is 0 Å². The van der Waals surface area contributed by atoms with Crippen LogP contribution in [0.2, 0.25) is 0 Å².